The average Bonchev–Trinajstić information content (AvgIpc) is 2.64. The Labute approximate surface area is 146 Å². The fourth-order valence-corrected chi connectivity index (χ4v) is 2.89. The maximum Gasteiger partial charge on any atom is 0.255 e. The molecule has 3 rings (SSSR count). The first kappa shape index (κ1) is 17.1. The van der Waals surface area contributed by atoms with Gasteiger partial charge in [0.05, 0.1) is 0 Å². The second-order valence-corrected chi connectivity index (χ2v) is 6.51. The van der Waals surface area contributed by atoms with Crippen molar-refractivity contribution in [3.63, 3.8) is 0 Å². The Morgan fingerprint density at radius 1 is 0.960 bits per heavy atom. The number of anilines is 1. The molecule has 1 aliphatic heterocycles. The number of nitrogens with zero attached hydrogens (tertiary/aromatic N) is 1. The number of hydrogen-bond acceptors (Lipinski definition) is 2. The summed E-state index contributed by atoms with van der Waals surface area (Å²) in [4.78, 5) is 26.6. The smallest absolute Gasteiger partial charge is 0.255 e. The average molecular weight is 340 g/mol. The lowest BCUT2D eigenvalue weighted by atomic mass is 9.98. The molecule has 4 nitrogen and oxygen atoms in total. The normalized spacial score (nSPS) is 15.0. The zero-order valence-corrected chi connectivity index (χ0v) is 14.2. The van der Waals surface area contributed by atoms with Crippen LogP contribution in [0.15, 0.2) is 48.5 Å². The van der Waals surface area contributed by atoms with Crippen LogP contribution in [0.1, 0.15) is 40.5 Å². The molecule has 0 spiro atoms. The molecule has 0 aromatic heterocycles. The Balaban J connectivity index is 1.64. The summed E-state index contributed by atoms with van der Waals surface area (Å²) in [5, 5.41) is 2.70. The third kappa shape index (κ3) is 4.24. The van der Waals surface area contributed by atoms with Crippen molar-refractivity contribution in [3.8, 4) is 0 Å². The molecule has 0 radical (unpaired) electrons. The zero-order valence-electron chi connectivity index (χ0n) is 14.2. The second kappa shape index (κ2) is 7.47. The third-order valence-electron chi connectivity index (χ3n) is 4.57. The molecular formula is C20H21FN2O2. The summed E-state index contributed by atoms with van der Waals surface area (Å²) in [6, 6.07) is 12.2. The van der Waals surface area contributed by atoms with Crippen LogP contribution in [0.4, 0.5) is 10.1 Å². The molecule has 25 heavy (non-hydrogen) atoms. The number of halogens is 1. The van der Waals surface area contributed by atoms with E-state index >= 15 is 0 Å². The molecule has 130 valence electrons. The van der Waals surface area contributed by atoms with Gasteiger partial charge in [-0.25, -0.2) is 4.39 Å². The van der Waals surface area contributed by atoms with E-state index in [0.717, 1.165) is 25.9 Å². The molecule has 1 N–H and O–H groups in total. The number of carbonyl (C=O) groups is 2. The van der Waals surface area contributed by atoms with Gasteiger partial charge in [-0.2, -0.15) is 0 Å². The topological polar surface area (TPSA) is 49.4 Å². The quantitative estimate of drug-likeness (QED) is 0.920. The number of carbonyl (C=O) groups excluding carboxylic acids is 2. The minimum absolute atomic E-state index is 0.0115. The largest absolute Gasteiger partial charge is 0.339 e. The van der Waals surface area contributed by atoms with Gasteiger partial charge in [-0.3, -0.25) is 9.59 Å². The number of hydrogen-bond donors (Lipinski definition) is 1. The first-order valence-corrected chi connectivity index (χ1v) is 8.49. The van der Waals surface area contributed by atoms with Crippen molar-refractivity contribution >= 4 is 17.5 Å². The van der Waals surface area contributed by atoms with Crippen LogP contribution in [-0.2, 0) is 0 Å². The summed E-state index contributed by atoms with van der Waals surface area (Å²) >= 11 is 0. The van der Waals surface area contributed by atoms with Gasteiger partial charge in [0.15, 0.2) is 0 Å². The fraction of sp³-hybridized carbons (Fsp3) is 0.300. The summed E-state index contributed by atoms with van der Waals surface area (Å²) in [6.45, 7) is 3.77. The number of likely N-dealkylation sites (tertiary alicyclic amines) is 1. The van der Waals surface area contributed by atoms with Crippen LogP contribution in [0, 0.1) is 11.7 Å². The van der Waals surface area contributed by atoms with Crippen LogP contribution in [0.2, 0.25) is 0 Å². The van der Waals surface area contributed by atoms with Crippen LogP contribution in [-0.4, -0.2) is 29.8 Å². The monoisotopic (exact) mass is 340 g/mol. The molecular weight excluding hydrogens is 319 g/mol. The molecule has 0 saturated carbocycles. The van der Waals surface area contributed by atoms with Gasteiger partial charge in [-0.15, -0.1) is 0 Å². The Bertz CT molecular complexity index is 748. The molecule has 1 aliphatic rings. The van der Waals surface area contributed by atoms with Gasteiger partial charge < -0.3 is 10.2 Å². The highest BCUT2D eigenvalue weighted by Gasteiger charge is 2.21. The zero-order chi connectivity index (χ0) is 17.8. The first-order valence-electron chi connectivity index (χ1n) is 8.49. The number of piperidine rings is 1. The number of rotatable bonds is 3. The number of nitrogens with one attached hydrogen (secondary N) is 1. The molecule has 2 amide bonds. The molecule has 0 atom stereocenters. The lowest BCUT2D eigenvalue weighted by molar-refractivity contribution is 0.0697. The van der Waals surface area contributed by atoms with Crippen molar-refractivity contribution in [3.05, 3.63) is 65.5 Å². The van der Waals surface area contributed by atoms with E-state index in [1.54, 1.807) is 24.3 Å². The molecule has 1 heterocycles. The van der Waals surface area contributed by atoms with E-state index in [1.807, 2.05) is 4.90 Å². The molecule has 0 aliphatic carbocycles. The Morgan fingerprint density at radius 2 is 1.52 bits per heavy atom. The van der Waals surface area contributed by atoms with E-state index in [4.69, 9.17) is 0 Å². The third-order valence-corrected chi connectivity index (χ3v) is 4.57. The second-order valence-electron chi connectivity index (χ2n) is 6.51. The van der Waals surface area contributed by atoms with Crippen LogP contribution >= 0.6 is 0 Å². The SMILES string of the molecule is CC1CCN(C(=O)c2ccc(C(=O)Nc3ccc(F)cc3)cc2)CC1. The Morgan fingerprint density at radius 3 is 2.12 bits per heavy atom. The summed E-state index contributed by atoms with van der Waals surface area (Å²) in [6.07, 6.45) is 2.06. The van der Waals surface area contributed by atoms with Crippen LogP contribution in [0.5, 0.6) is 0 Å². The van der Waals surface area contributed by atoms with E-state index in [2.05, 4.69) is 12.2 Å². The van der Waals surface area contributed by atoms with Crippen LogP contribution in [0.25, 0.3) is 0 Å². The van der Waals surface area contributed by atoms with Crippen LogP contribution in [0.3, 0.4) is 0 Å². The number of benzene rings is 2. The van der Waals surface area contributed by atoms with Gasteiger partial charge in [0.1, 0.15) is 5.82 Å². The Hall–Kier alpha value is -2.69. The van der Waals surface area contributed by atoms with E-state index < -0.39 is 0 Å². The van der Waals surface area contributed by atoms with Gasteiger partial charge in [-0.05, 0) is 67.3 Å². The van der Waals surface area contributed by atoms with Gasteiger partial charge in [0.25, 0.3) is 11.8 Å². The predicted molar refractivity (Wildman–Crippen MR) is 95.1 cm³/mol. The molecule has 2 aromatic rings. The lowest BCUT2D eigenvalue weighted by Crippen LogP contribution is -2.37. The first-order chi connectivity index (χ1) is 12.0. The molecule has 0 bridgehead atoms. The molecule has 5 heteroatoms. The van der Waals surface area contributed by atoms with Gasteiger partial charge >= 0.3 is 0 Å². The highest BCUT2D eigenvalue weighted by molar-refractivity contribution is 6.05. The van der Waals surface area contributed by atoms with Crippen molar-refractivity contribution in [1.82, 2.24) is 4.90 Å². The highest BCUT2D eigenvalue weighted by Crippen LogP contribution is 2.19. The van der Waals surface area contributed by atoms with Crippen molar-refractivity contribution < 1.29 is 14.0 Å². The summed E-state index contributed by atoms with van der Waals surface area (Å²) in [5.74, 6) is 0.0318. The predicted octanol–water partition coefficient (Wildman–Crippen LogP) is 3.95. The van der Waals surface area contributed by atoms with Crippen LogP contribution < -0.4 is 5.32 Å². The summed E-state index contributed by atoms with van der Waals surface area (Å²) in [5.41, 5.74) is 1.56. The maximum absolute atomic E-state index is 12.9. The van der Waals surface area contributed by atoms with Gasteiger partial charge in [0.2, 0.25) is 0 Å². The minimum Gasteiger partial charge on any atom is -0.339 e. The summed E-state index contributed by atoms with van der Waals surface area (Å²) in [7, 11) is 0. The van der Waals surface area contributed by atoms with E-state index in [9.17, 15) is 14.0 Å². The van der Waals surface area contributed by atoms with E-state index in [1.165, 1.54) is 24.3 Å². The molecule has 0 unspecified atom stereocenters. The van der Waals surface area contributed by atoms with E-state index in [-0.39, 0.29) is 17.6 Å². The lowest BCUT2D eigenvalue weighted by Gasteiger charge is -2.30. The van der Waals surface area contributed by atoms with Crippen molar-refractivity contribution in [2.75, 3.05) is 18.4 Å². The maximum atomic E-state index is 12.9. The Kier molecular flexibility index (Phi) is 5.12. The molecule has 2 aromatic carbocycles. The highest BCUT2D eigenvalue weighted by atomic mass is 19.1. The molecule has 1 fully saturated rings. The fourth-order valence-electron chi connectivity index (χ4n) is 2.89. The number of amides is 2. The van der Waals surface area contributed by atoms with Gasteiger partial charge in [0, 0.05) is 29.9 Å². The van der Waals surface area contributed by atoms with Crippen molar-refractivity contribution in [2.24, 2.45) is 5.92 Å². The standard InChI is InChI=1S/C20H21FN2O2/c1-14-10-12-23(13-11-14)20(25)16-4-2-15(3-5-16)19(24)22-18-8-6-17(21)7-9-18/h2-9,14H,10-13H2,1H3,(H,22,24). The summed E-state index contributed by atoms with van der Waals surface area (Å²) < 4.78 is 12.9. The van der Waals surface area contributed by atoms with Crippen molar-refractivity contribution in [1.29, 1.82) is 0 Å². The molecule has 1 saturated heterocycles. The minimum atomic E-state index is -0.354. The van der Waals surface area contributed by atoms with E-state index in [0.29, 0.717) is 22.7 Å². The van der Waals surface area contributed by atoms with Gasteiger partial charge in [-0.1, -0.05) is 6.92 Å². The van der Waals surface area contributed by atoms with Crippen molar-refractivity contribution in [2.45, 2.75) is 19.8 Å².